The van der Waals surface area contributed by atoms with Gasteiger partial charge in [0.05, 0.1) is 6.61 Å². The highest BCUT2D eigenvalue weighted by Gasteiger charge is 2.31. The number of carbonyl (C=O) groups excluding carboxylic acids is 1. The Hall–Kier alpha value is -1.58. The molecule has 0 aromatic carbocycles. The van der Waals surface area contributed by atoms with Gasteiger partial charge in [-0.25, -0.2) is 4.98 Å². The van der Waals surface area contributed by atoms with Crippen molar-refractivity contribution in [2.75, 3.05) is 26.7 Å². The van der Waals surface area contributed by atoms with Gasteiger partial charge in [-0.05, 0) is 31.7 Å². The number of aromatic nitrogens is 1. The lowest BCUT2D eigenvalue weighted by atomic mass is 9.88. The van der Waals surface area contributed by atoms with Crippen LogP contribution in [-0.4, -0.2) is 54.5 Å². The molecule has 1 atom stereocenters. The van der Waals surface area contributed by atoms with Gasteiger partial charge in [-0.3, -0.25) is 9.79 Å². The Morgan fingerprint density at radius 3 is 2.84 bits per heavy atom. The molecule has 0 bridgehead atoms. The second-order valence-electron chi connectivity index (χ2n) is 8.34. The lowest BCUT2D eigenvalue weighted by Crippen LogP contribution is -2.45. The van der Waals surface area contributed by atoms with Crippen molar-refractivity contribution in [3.8, 4) is 5.88 Å². The molecule has 1 unspecified atom stereocenters. The first-order chi connectivity index (χ1) is 14.7. The number of halogens is 1. The van der Waals surface area contributed by atoms with E-state index < -0.39 is 0 Å². The van der Waals surface area contributed by atoms with Crippen LogP contribution in [0.15, 0.2) is 23.3 Å². The van der Waals surface area contributed by atoms with Crippen LogP contribution in [0.5, 0.6) is 5.88 Å². The van der Waals surface area contributed by atoms with Crippen molar-refractivity contribution in [2.24, 2.45) is 10.9 Å². The average molecular weight is 543 g/mol. The fraction of sp³-hybridized carbons (Fsp3) is 0.696. The largest absolute Gasteiger partial charge is 0.477 e. The molecule has 2 N–H and O–H groups in total. The molecule has 2 heterocycles. The minimum absolute atomic E-state index is 0. The first-order valence-corrected chi connectivity index (χ1v) is 11.5. The summed E-state index contributed by atoms with van der Waals surface area (Å²) in [5.41, 5.74) is 1.01. The zero-order valence-corrected chi connectivity index (χ0v) is 21.3. The van der Waals surface area contributed by atoms with Gasteiger partial charge in [0.1, 0.15) is 0 Å². The number of rotatable bonds is 8. The van der Waals surface area contributed by atoms with E-state index in [2.05, 4.69) is 27.5 Å². The van der Waals surface area contributed by atoms with Gasteiger partial charge in [0, 0.05) is 50.4 Å². The highest BCUT2D eigenvalue weighted by atomic mass is 127. The third-order valence-electron chi connectivity index (χ3n) is 6.05. The van der Waals surface area contributed by atoms with Crippen molar-refractivity contribution in [2.45, 2.75) is 70.9 Å². The number of nitrogens with zero attached hydrogens (tertiary/aromatic N) is 3. The summed E-state index contributed by atoms with van der Waals surface area (Å²) < 4.78 is 5.82. The Kier molecular flexibility index (Phi) is 11.4. The number of nitrogens with one attached hydrogen (secondary N) is 2. The summed E-state index contributed by atoms with van der Waals surface area (Å²) in [4.78, 5) is 23.6. The molecule has 174 valence electrons. The first-order valence-electron chi connectivity index (χ1n) is 11.5. The molecule has 31 heavy (non-hydrogen) atoms. The molecular formula is C23H38IN5O2. The van der Waals surface area contributed by atoms with Gasteiger partial charge in [0.25, 0.3) is 0 Å². The SMILES string of the molecule is CCCCOc1ncccc1CNC(=NC)NC1CCN(C(=O)C2CCCCC2)C1.I. The van der Waals surface area contributed by atoms with Crippen LogP contribution in [0.2, 0.25) is 0 Å². The number of carbonyl (C=O) groups is 1. The Morgan fingerprint density at radius 2 is 2.10 bits per heavy atom. The second kappa shape index (κ2) is 13.8. The lowest BCUT2D eigenvalue weighted by molar-refractivity contribution is -0.135. The zero-order valence-electron chi connectivity index (χ0n) is 18.9. The number of aliphatic imine (C=N–C) groups is 1. The van der Waals surface area contributed by atoms with Crippen molar-refractivity contribution < 1.29 is 9.53 Å². The quantitative estimate of drug-likeness (QED) is 0.226. The Labute approximate surface area is 203 Å². The predicted molar refractivity (Wildman–Crippen MR) is 135 cm³/mol. The number of likely N-dealkylation sites (tertiary alicyclic amines) is 1. The van der Waals surface area contributed by atoms with Crippen molar-refractivity contribution in [1.29, 1.82) is 0 Å². The van der Waals surface area contributed by atoms with Gasteiger partial charge in [0.2, 0.25) is 11.8 Å². The monoisotopic (exact) mass is 543 g/mol. The van der Waals surface area contributed by atoms with Crippen LogP contribution in [0.4, 0.5) is 0 Å². The van der Waals surface area contributed by atoms with Gasteiger partial charge in [-0.2, -0.15) is 0 Å². The van der Waals surface area contributed by atoms with Crippen LogP contribution < -0.4 is 15.4 Å². The van der Waals surface area contributed by atoms with E-state index in [1.807, 2.05) is 17.0 Å². The van der Waals surface area contributed by atoms with E-state index >= 15 is 0 Å². The average Bonchev–Trinajstić information content (AvgIpc) is 3.26. The Bertz CT molecular complexity index is 709. The summed E-state index contributed by atoms with van der Waals surface area (Å²) in [5, 5.41) is 6.85. The number of guanidine groups is 1. The normalized spacial score (nSPS) is 19.6. The Balaban J connectivity index is 0.00000341. The molecule has 1 saturated carbocycles. The molecule has 2 fully saturated rings. The van der Waals surface area contributed by atoms with Crippen LogP contribution in [0.3, 0.4) is 0 Å². The molecule has 1 aliphatic carbocycles. The van der Waals surface area contributed by atoms with Crippen molar-refractivity contribution >= 4 is 35.8 Å². The number of ether oxygens (including phenoxy) is 1. The van der Waals surface area contributed by atoms with Crippen molar-refractivity contribution in [3.63, 3.8) is 0 Å². The van der Waals surface area contributed by atoms with E-state index in [-0.39, 0.29) is 35.9 Å². The summed E-state index contributed by atoms with van der Waals surface area (Å²) in [7, 11) is 1.77. The third kappa shape index (κ3) is 7.80. The highest BCUT2D eigenvalue weighted by molar-refractivity contribution is 14.0. The van der Waals surface area contributed by atoms with Crippen LogP contribution >= 0.6 is 24.0 Å². The van der Waals surface area contributed by atoms with E-state index in [1.54, 1.807) is 13.2 Å². The summed E-state index contributed by atoms with van der Waals surface area (Å²) in [5.74, 6) is 2.02. The van der Waals surface area contributed by atoms with E-state index in [0.29, 0.717) is 24.9 Å². The number of pyridine rings is 1. The van der Waals surface area contributed by atoms with Gasteiger partial charge in [-0.1, -0.05) is 38.7 Å². The maximum Gasteiger partial charge on any atom is 0.225 e. The minimum Gasteiger partial charge on any atom is -0.477 e. The van der Waals surface area contributed by atoms with E-state index in [4.69, 9.17) is 4.74 Å². The molecule has 1 aromatic heterocycles. The topological polar surface area (TPSA) is 78.8 Å². The fourth-order valence-electron chi connectivity index (χ4n) is 4.25. The van der Waals surface area contributed by atoms with Crippen molar-refractivity contribution in [1.82, 2.24) is 20.5 Å². The summed E-state index contributed by atoms with van der Waals surface area (Å²) in [6, 6.07) is 4.18. The van der Waals surface area contributed by atoms with E-state index in [9.17, 15) is 4.79 Å². The molecule has 2 aliphatic rings. The van der Waals surface area contributed by atoms with Gasteiger partial charge in [-0.15, -0.1) is 24.0 Å². The number of hydrogen-bond acceptors (Lipinski definition) is 4. The molecule has 8 heteroatoms. The standard InChI is InChI=1S/C23H37N5O2.HI/c1-3-4-15-30-21-19(11-8-13-25-21)16-26-23(24-2)27-20-12-14-28(17-20)22(29)18-9-6-5-7-10-18;/h8,11,13,18,20H,3-7,9-10,12,14-17H2,1-2H3,(H2,24,26,27);1H. The van der Waals surface area contributed by atoms with Crippen LogP contribution in [0.1, 0.15) is 63.9 Å². The molecule has 0 spiro atoms. The van der Waals surface area contributed by atoms with Crippen LogP contribution in [-0.2, 0) is 11.3 Å². The number of unbranched alkanes of at least 4 members (excludes halogenated alkanes) is 1. The highest BCUT2D eigenvalue weighted by Crippen LogP contribution is 2.26. The van der Waals surface area contributed by atoms with Crippen LogP contribution in [0, 0.1) is 5.92 Å². The molecule has 3 rings (SSSR count). The molecule has 1 aliphatic heterocycles. The maximum atomic E-state index is 12.8. The van der Waals surface area contributed by atoms with E-state index in [1.165, 1.54) is 19.3 Å². The summed E-state index contributed by atoms with van der Waals surface area (Å²) >= 11 is 0. The van der Waals surface area contributed by atoms with Gasteiger partial charge in [0.15, 0.2) is 5.96 Å². The molecule has 1 amide bonds. The minimum atomic E-state index is 0. The zero-order chi connectivity index (χ0) is 21.2. The van der Waals surface area contributed by atoms with Crippen molar-refractivity contribution in [3.05, 3.63) is 23.9 Å². The third-order valence-corrected chi connectivity index (χ3v) is 6.05. The second-order valence-corrected chi connectivity index (χ2v) is 8.34. The molecule has 1 saturated heterocycles. The smallest absolute Gasteiger partial charge is 0.225 e. The predicted octanol–water partition coefficient (Wildman–Crippen LogP) is 3.72. The number of amides is 1. The Morgan fingerprint density at radius 1 is 1.29 bits per heavy atom. The molecular weight excluding hydrogens is 505 g/mol. The van der Waals surface area contributed by atoms with E-state index in [0.717, 1.165) is 56.7 Å². The first kappa shape index (κ1) is 25.7. The lowest BCUT2D eigenvalue weighted by Gasteiger charge is -2.26. The molecule has 0 radical (unpaired) electrons. The summed E-state index contributed by atoms with van der Waals surface area (Å²) in [6.45, 7) is 5.01. The van der Waals surface area contributed by atoms with Gasteiger partial charge < -0.3 is 20.3 Å². The summed E-state index contributed by atoms with van der Waals surface area (Å²) in [6.07, 6.45) is 10.6. The van der Waals surface area contributed by atoms with Gasteiger partial charge >= 0.3 is 0 Å². The number of hydrogen-bond donors (Lipinski definition) is 2. The van der Waals surface area contributed by atoms with Crippen LogP contribution in [0.25, 0.3) is 0 Å². The maximum absolute atomic E-state index is 12.8. The fourth-order valence-corrected chi connectivity index (χ4v) is 4.25. The molecule has 7 nitrogen and oxygen atoms in total. The molecule has 1 aromatic rings.